The minimum absolute atomic E-state index is 0.572. The van der Waals surface area contributed by atoms with E-state index in [4.69, 9.17) is 4.74 Å². The summed E-state index contributed by atoms with van der Waals surface area (Å²) in [5, 5.41) is 3.67. The van der Waals surface area contributed by atoms with Crippen LogP contribution in [0.3, 0.4) is 0 Å². The fraction of sp³-hybridized carbons (Fsp3) is 0.714. The van der Waals surface area contributed by atoms with Gasteiger partial charge in [-0.25, -0.2) is 9.97 Å². The minimum atomic E-state index is 0.572. The second kappa shape index (κ2) is 5.33. The maximum absolute atomic E-state index is 5.45. The number of ether oxygens (including phenoxy) is 1. The summed E-state index contributed by atoms with van der Waals surface area (Å²) < 4.78 is 5.45. The van der Waals surface area contributed by atoms with Crippen molar-refractivity contribution in [2.75, 3.05) is 18.6 Å². The van der Waals surface area contributed by atoms with Crippen molar-refractivity contribution in [1.82, 2.24) is 15.3 Å². The minimum Gasteiger partial charge on any atom is -0.478 e. The van der Waals surface area contributed by atoms with Crippen LogP contribution in [0.5, 0.6) is 5.88 Å². The molecule has 2 atom stereocenters. The zero-order valence-corrected chi connectivity index (χ0v) is 11.7. The van der Waals surface area contributed by atoms with E-state index in [1.54, 1.807) is 6.33 Å². The smallest absolute Gasteiger partial charge is 0.218 e. The molecular formula is C14H22N4O. The SMILES string of the molecule is CCOc1cc(N(C)C2CC3CCC(C2)N3)ncn1. The van der Waals surface area contributed by atoms with Gasteiger partial charge in [0, 0.05) is 31.2 Å². The lowest BCUT2D eigenvalue weighted by molar-refractivity contribution is 0.325. The Morgan fingerprint density at radius 1 is 1.32 bits per heavy atom. The first kappa shape index (κ1) is 12.7. The first-order valence-electron chi connectivity index (χ1n) is 7.20. The van der Waals surface area contributed by atoms with Crippen LogP contribution in [0.15, 0.2) is 12.4 Å². The molecule has 3 rings (SSSR count). The lowest BCUT2D eigenvalue weighted by Crippen LogP contribution is -2.47. The van der Waals surface area contributed by atoms with E-state index >= 15 is 0 Å². The summed E-state index contributed by atoms with van der Waals surface area (Å²) in [5.74, 6) is 1.63. The van der Waals surface area contributed by atoms with E-state index in [1.807, 2.05) is 13.0 Å². The number of aromatic nitrogens is 2. The van der Waals surface area contributed by atoms with Crippen molar-refractivity contribution in [3.63, 3.8) is 0 Å². The lowest BCUT2D eigenvalue weighted by atomic mass is 9.98. The van der Waals surface area contributed by atoms with Gasteiger partial charge in [0.25, 0.3) is 0 Å². The van der Waals surface area contributed by atoms with Crippen LogP contribution in [0.2, 0.25) is 0 Å². The normalized spacial score (nSPS) is 29.3. The second-order valence-electron chi connectivity index (χ2n) is 5.52. The maximum atomic E-state index is 5.45. The highest BCUT2D eigenvalue weighted by Crippen LogP contribution is 2.31. The van der Waals surface area contributed by atoms with Gasteiger partial charge in [0.2, 0.25) is 5.88 Å². The Morgan fingerprint density at radius 2 is 2.05 bits per heavy atom. The van der Waals surface area contributed by atoms with Crippen molar-refractivity contribution in [1.29, 1.82) is 0 Å². The fourth-order valence-electron chi connectivity index (χ4n) is 3.28. The number of fused-ring (bicyclic) bond motifs is 2. The van der Waals surface area contributed by atoms with Gasteiger partial charge >= 0.3 is 0 Å². The Morgan fingerprint density at radius 3 is 2.74 bits per heavy atom. The van der Waals surface area contributed by atoms with Crippen LogP contribution in [0, 0.1) is 0 Å². The predicted molar refractivity (Wildman–Crippen MR) is 74.6 cm³/mol. The molecule has 2 aliphatic heterocycles. The number of piperidine rings is 1. The molecule has 0 spiro atoms. The van der Waals surface area contributed by atoms with Gasteiger partial charge in [-0.1, -0.05) is 0 Å². The molecule has 5 heteroatoms. The Bertz CT molecular complexity index is 427. The summed E-state index contributed by atoms with van der Waals surface area (Å²) in [6.45, 7) is 2.60. The van der Waals surface area contributed by atoms with E-state index < -0.39 is 0 Å². The second-order valence-corrected chi connectivity index (χ2v) is 5.52. The number of hydrogen-bond donors (Lipinski definition) is 1. The molecule has 3 heterocycles. The van der Waals surface area contributed by atoms with Gasteiger partial charge in [0.05, 0.1) is 6.61 Å². The van der Waals surface area contributed by atoms with Gasteiger partial charge in [-0.05, 0) is 32.6 Å². The molecule has 1 aromatic rings. The van der Waals surface area contributed by atoms with Crippen molar-refractivity contribution in [2.45, 2.75) is 50.7 Å². The van der Waals surface area contributed by atoms with E-state index in [0.717, 1.165) is 5.82 Å². The Labute approximate surface area is 114 Å². The molecule has 104 valence electrons. The van der Waals surface area contributed by atoms with Crippen molar-refractivity contribution in [3.05, 3.63) is 12.4 Å². The van der Waals surface area contributed by atoms with E-state index in [9.17, 15) is 0 Å². The molecule has 2 saturated heterocycles. The Kier molecular flexibility index (Phi) is 3.55. The molecule has 2 fully saturated rings. The van der Waals surface area contributed by atoms with Gasteiger partial charge in [0.15, 0.2) is 0 Å². The third-order valence-electron chi connectivity index (χ3n) is 4.28. The van der Waals surface area contributed by atoms with Crippen LogP contribution in [0.4, 0.5) is 5.82 Å². The van der Waals surface area contributed by atoms with Gasteiger partial charge in [-0.15, -0.1) is 0 Å². The molecule has 0 aromatic carbocycles. The van der Waals surface area contributed by atoms with Gasteiger partial charge in [-0.2, -0.15) is 0 Å². The molecule has 0 aliphatic carbocycles. The molecule has 2 aliphatic rings. The molecular weight excluding hydrogens is 240 g/mol. The zero-order valence-electron chi connectivity index (χ0n) is 11.7. The van der Waals surface area contributed by atoms with E-state index in [2.05, 4.69) is 27.2 Å². The summed E-state index contributed by atoms with van der Waals surface area (Å²) in [4.78, 5) is 10.8. The van der Waals surface area contributed by atoms with Crippen LogP contribution < -0.4 is 15.0 Å². The average Bonchev–Trinajstić information content (AvgIpc) is 2.77. The lowest BCUT2D eigenvalue weighted by Gasteiger charge is -2.36. The van der Waals surface area contributed by atoms with E-state index in [0.29, 0.717) is 30.6 Å². The first-order chi connectivity index (χ1) is 9.26. The Balaban J connectivity index is 1.72. The number of rotatable bonds is 4. The standard InChI is InChI=1S/C14H22N4O/c1-3-19-14-8-13(15-9-16-14)18(2)12-6-10-4-5-11(7-12)17-10/h8-12,17H,3-7H2,1-2H3. The third-order valence-corrected chi connectivity index (χ3v) is 4.28. The molecule has 0 amide bonds. The Hall–Kier alpha value is -1.36. The zero-order chi connectivity index (χ0) is 13.2. The fourth-order valence-corrected chi connectivity index (χ4v) is 3.28. The van der Waals surface area contributed by atoms with Crippen LogP contribution >= 0.6 is 0 Å². The largest absolute Gasteiger partial charge is 0.478 e. The molecule has 2 bridgehead atoms. The van der Waals surface area contributed by atoms with Crippen molar-refractivity contribution >= 4 is 5.82 Å². The summed E-state index contributed by atoms with van der Waals surface area (Å²) in [7, 11) is 2.13. The first-order valence-corrected chi connectivity index (χ1v) is 7.20. The molecule has 1 aromatic heterocycles. The number of hydrogen-bond acceptors (Lipinski definition) is 5. The van der Waals surface area contributed by atoms with Gasteiger partial charge in [0.1, 0.15) is 12.1 Å². The molecule has 0 radical (unpaired) electrons. The van der Waals surface area contributed by atoms with Crippen molar-refractivity contribution in [2.24, 2.45) is 0 Å². The van der Waals surface area contributed by atoms with Crippen LogP contribution in [0.1, 0.15) is 32.6 Å². The summed E-state index contributed by atoms with van der Waals surface area (Å²) in [5.41, 5.74) is 0. The van der Waals surface area contributed by atoms with Crippen molar-refractivity contribution in [3.8, 4) is 5.88 Å². The van der Waals surface area contributed by atoms with Crippen LogP contribution in [0.25, 0.3) is 0 Å². The van der Waals surface area contributed by atoms with Gasteiger partial charge in [-0.3, -0.25) is 0 Å². The van der Waals surface area contributed by atoms with Crippen molar-refractivity contribution < 1.29 is 4.74 Å². The number of anilines is 1. The predicted octanol–water partition coefficient (Wildman–Crippen LogP) is 1.59. The summed E-state index contributed by atoms with van der Waals surface area (Å²) in [6, 6.07) is 3.90. The van der Waals surface area contributed by atoms with E-state index in [1.165, 1.54) is 25.7 Å². The van der Waals surface area contributed by atoms with Gasteiger partial charge < -0.3 is 15.0 Å². The van der Waals surface area contributed by atoms with Crippen LogP contribution in [-0.4, -0.2) is 41.7 Å². The highest BCUT2D eigenvalue weighted by atomic mass is 16.5. The topological polar surface area (TPSA) is 50.3 Å². The summed E-state index contributed by atoms with van der Waals surface area (Å²) in [6.07, 6.45) is 6.65. The molecule has 2 unspecified atom stereocenters. The van der Waals surface area contributed by atoms with Crippen LogP contribution in [-0.2, 0) is 0 Å². The molecule has 0 saturated carbocycles. The molecule has 1 N–H and O–H groups in total. The number of nitrogens with one attached hydrogen (secondary N) is 1. The maximum Gasteiger partial charge on any atom is 0.218 e. The monoisotopic (exact) mass is 262 g/mol. The van der Waals surface area contributed by atoms with E-state index in [-0.39, 0.29) is 0 Å². The highest BCUT2D eigenvalue weighted by Gasteiger charge is 2.35. The molecule has 19 heavy (non-hydrogen) atoms. The highest BCUT2D eigenvalue weighted by molar-refractivity contribution is 5.41. The molecule has 5 nitrogen and oxygen atoms in total. The average molecular weight is 262 g/mol. The third kappa shape index (κ3) is 2.66. The summed E-state index contributed by atoms with van der Waals surface area (Å²) >= 11 is 0. The number of nitrogens with zero attached hydrogens (tertiary/aromatic N) is 3. The quantitative estimate of drug-likeness (QED) is 0.893.